The van der Waals surface area contributed by atoms with E-state index in [2.05, 4.69) is 5.32 Å². The Kier molecular flexibility index (Phi) is 4.91. The standard InChI is InChI=1S/C21H24N2O5/c1-12(20(26)23-11-18(24)22-16-7-2-3-8-17(16)23)28-21(27)15-9-13-5-4-6-14(10-15)19(13)25/h2-3,7-8,12-15H,4-6,9-11H2,1H3,(H,22,24)/t12-,13-,14+,15?/m1/s1. The lowest BCUT2D eigenvalue weighted by Crippen LogP contribution is -2.47. The molecule has 1 aromatic rings. The molecule has 4 rings (SSSR count). The van der Waals surface area contributed by atoms with E-state index in [1.807, 2.05) is 0 Å². The number of nitrogens with one attached hydrogen (secondary N) is 1. The van der Waals surface area contributed by atoms with Gasteiger partial charge in [0.2, 0.25) is 5.91 Å². The minimum absolute atomic E-state index is 0.0475. The number of fused-ring (bicyclic) bond motifs is 3. The Labute approximate surface area is 163 Å². The molecule has 28 heavy (non-hydrogen) atoms. The highest BCUT2D eigenvalue weighted by Gasteiger charge is 2.42. The van der Waals surface area contributed by atoms with E-state index in [1.54, 1.807) is 24.3 Å². The summed E-state index contributed by atoms with van der Waals surface area (Å²) < 4.78 is 5.48. The van der Waals surface area contributed by atoms with Gasteiger partial charge >= 0.3 is 5.97 Å². The number of ketones is 1. The number of para-hydroxylation sites is 2. The van der Waals surface area contributed by atoms with Crippen molar-refractivity contribution in [3.8, 4) is 0 Å². The molecular formula is C21H24N2O5. The van der Waals surface area contributed by atoms with Gasteiger partial charge in [0.05, 0.1) is 17.3 Å². The number of rotatable bonds is 3. The highest BCUT2D eigenvalue weighted by molar-refractivity contribution is 6.11. The molecule has 2 fully saturated rings. The van der Waals surface area contributed by atoms with Crippen LogP contribution in [0, 0.1) is 17.8 Å². The maximum absolute atomic E-state index is 12.9. The van der Waals surface area contributed by atoms with Crippen molar-refractivity contribution in [1.29, 1.82) is 0 Å². The third-order valence-corrected chi connectivity index (χ3v) is 6.06. The maximum atomic E-state index is 12.9. The Morgan fingerprint density at radius 2 is 1.82 bits per heavy atom. The summed E-state index contributed by atoms with van der Waals surface area (Å²) in [6, 6.07) is 7.03. The molecule has 2 amide bonds. The molecule has 2 aliphatic carbocycles. The van der Waals surface area contributed by atoms with Gasteiger partial charge in [-0.1, -0.05) is 18.6 Å². The van der Waals surface area contributed by atoms with Gasteiger partial charge in [-0.15, -0.1) is 0 Å². The van der Waals surface area contributed by atoms with Crippen LogP contribution in [-0.4, -0.2) is 36.2 Å². The molecule has 1 unspecified atom stereocenters. The minimum atomic E-state index is -0.996. The highest BCUT2D eigenvalue weighted by Crippen LogP contribution is 2.40. The van der Waals surface area contributed by atoms with Crippen LogP contribution in [0.25, 0.3) is 0 Å². The van der Waals surface area contributed by atoms with Gasteiger partial charge in [-0.05, 0) is 44.7 Å². The Morgan fingerprint density at radius 3 is 2.54 bits per heavy atom. The number of carbonyl (C=O) groups excluding carboxylic acids is 4. The number of hydrogen-bond donors (Lipinski definition) is 1. The second-order valence-corrected chi connectivity index (χ2v) is 7.96. The number of anilines is 2. The van der Waals surface area contributed by atoms with Crippen molar-refractivity contribution in [2.75, 3.05) is 16.8 Å². The number of benzene rings is 1. The van der Waals surface area contributed by atoms with Crippen LogP contribution in [0.4, 0.5) is 11.4 Å². The molecule has 1 aromatic carbocycles. The summed E-state index contributed by atoms with van der Waals surface area (Å²) in [5.74, 6) is -1.27. The van der Waals surface area contributed by atoms with Gasteiger partial charge in [0.25, 0.3) is 5.91 Å². The van der Waals surface area contributed by atoms with Crippen molar-refractivity contribution in [2.45, 2.75) is 45.1 Å². The molecule has 1 heterocycles. The fraction of sp³-hybridized carbons (Fsp3) is 0.524. The van der Waals surface area contributed by atoms with E-state index in [0.29, 0.717) is 24.2 Å². The topological polar surface area (TPSA) is 92.8 Å². The van der Waals surface area contributed by atoms with Crippen molar-refractivity contribution < 1.29 is 23.9 Å². The smallest absolute Gasteiger partial charge is 0.309 e. The van der Waals surface area contributed by atoms with Crippen molar-refractivity contribution in [1.82, 2.24) is 0 Å². The van der Waals surface area contributed by atoms with Gasteiger partial charge in [0.15, 0.2) is 6.10 Å². The molecule has 1 N–H and O–H groups in total. The lowest BCUT2D eigenvalue weighted by Gasteiger charge is -2.37. The first kappa shape index (κ1) is 18.7. The molecule has 7 heteroatoms. The predicted octanol–water partition coefficient (Wildman–Crippen LogP) is 2.30. The van der Waals surface area contributed by atoms with E-state index in [0.717, 1.165) is 19.3 Å². The predicted molar refractivity (Wildman–Crippen MR) is 102 cm³/mol. The average molecular weight is 384 g/mol. The molecule has 2 saturated carbocycles. The molecule has 148 valence electrons. The highest BCUT2D eigenvalue weighted by atomic mass is 16.5. The molecule has 3 aliphatic rings. The summed E-state index contributed by atoms with van der Waals surface area (Å²) in [5, 5.41) is 2.73. The summed E-state index contributed by atoms with van der Waals surface area (Å²) in [7, 11) is 0. The fourth-order valence-electron chi connectivity index (χ4n) is 4.64. The van der Waals surface area contributed by atoms with E-state index in [4.69, 9.17) is 4.74 Å². The van der Waals surface area contributed by atoms with Crippen LogP contribution < -0.4 is 10.2 Å². The van der Waals surface area contributed by atoms with Crippen LogP contribution in [0.2, 0.25) is 0 Å². The van der Waals surface area contributed by atoms with Crippen molar-refractivity contribution in [3.63, 3.8) is 0 Å². The first-order valence-corrected chi connectivity index (χ1v) is 9.88. The monoisotopic (exact) mass is 384 g/mol. The van der Waals surface area contributed by atoms with Crippen molar-refractivity contribution in [2.24, 2.45) is 17.8 Å². The van der Waals surface area contributed by atoms with Gasteiger partial charge in [0.1, 0.15) is 12.3 Å². The molecular weight excluding hydrogens is 360 g/mol. The lowest BCUT2D eigenvalue weighted by atomic mass is 9.67. The van der Waals surface area contributed by atoms with Crippen molar-refractivity contribution >= 4 is 34.9 Å². The largest absolute Gasteiger partial charge is 0.452 e. The molecule has 0 spiro atoms. The first-order valence-electron chi connectivity index (χ1n) is 9.88. The van der Waals surface area contributed by atoms with E-state index >= 15 is 0 Å². The molecule has 0 aromatic heterocycles. The first-order chi connectivity index (χ1) is 13.4. The zero-order valence-electron chi connectivity index (χ0n) is 15.8. The van der Waals surface area contributed by atoms with Crippen molar-refractivity contribution in [3.05, 3.63) is 24.3 Å². The van der Waals surface area contributed by atoms with Gasteiger partial charge < -0.3 is 10.1 Å². The summed E-state index contributed by atoms with van der Waals surface area (Å²) in [4.78, 5) is 51.0. The summed E-state index contributed by atoms with van der Waals surface area (Å²) in [5.41, 5.74) is 1.15. The summed E-state index contributed by atoms with van der Waals surface area (Å²) in [6.07, 6.45) is 2.76. The number of nitrogens with zero attached hydrogens (tertiary/aromatic N) is 1. The van der Waals surface area contributed by atoms with Crippen LogP contribution in [0.3, 0.4) is 0 Å². The van der Waals surface area contributed by atoms with Gasteiger partial charge in [-0.3, -0.25) is 24.1 Å². The molecule has 4 atom stereocenters. The molecule has 2 bridgehead atoms. The normalized spacial score (nSPS) is 27.5. The Balaban J connectivity index is 1.43. The zero-order valence-corrected chi connectivity index (χ0v) is 15.8. The summed E-state index contributed by atoms with van der Waals surface area (Å²) >= 11 is 0. The molecule has 0 radical (unpaired) electrons. The summed E-state index contributed by atoms with van der Waals surface area (Å²) in [6.45, 7) is 1.42. The number of hydrogen-bond acceptors (Lipinski definition) is 5. The minimum Gasteiger partial charge on any atom is -0.452 e. The molecule has 1 aliphatic heterocycles. The Hall–Kier alpha value is -2.70. The van der Waals surface area contributed by atoms with Crippen LogP contribution in [-0.2, 0) is 23.9 Å². The van der Waals surface area contributed by atoms with Gasteiger partial charge in [-0.2, -0.15) is 0 Å². The number of esters is 1. The molecule has 7 nitrogen and oxygen atoms in total. The number of carbonyl (C=O) groups is 4. The zero-order chi connectivity index (χ0) is 19.8. The van der Waals surface area contributed by atoms with Crippen LogP contribution in [0.15, 0.2) is 24.3 Å². The second kappa shape index (κ2) is 7.37. The molecule has 0 saturated heterocycles. The fourth-order valence-corrected chi connectivity index (χ4v) is 4.64. The van der Waals surface area contributed by atoms with Gasteiger partial charge in [-0.25, -0.2) is 0 Å². The number of amides is 2. The maximum Gasteiger partial charge on any atom is 0.309 e. The van der Waals surface area contributed by atoms with Crippen LogP contribution in [0.1, 0.15) is 39.0 Å². The van der Waals surface area contributed by atoms with E-state index in [-0.39, 0.29) is 36.0 Å². The number of Topliss-reactive ketones (excluding diaryl/α,β-unsaturated/α-hetero) is 1. The van der Waals surface area contributed by atoms with Gasteiger partial charge in [0, 0.05) is 11.8 Å². The van der Waals surface area contributed by atoms with Crippen LogP contribution >= 0.6 is 0 Å². The quantitative estimate of drug-likeness (QED) is 0.807. The van der Waals surface area contributed by atoms with E-state index in [1.165, 1.54) is 11.8 Å². The third kappa shape index (κ3) is 3.41. The average Bonchev–Trinajstić information content (AvgIpc) is 2.66. The second-order valence-electron chi connectivity index (χ2n) is 7.96. The SMILES string of the molecule is C[C@@H](OC(=O)C1C[C@H]2CCC[C@@H](C1)C2=O)C(=O)N1CC(=O)Nc2ccccc21. The lowest BCUT2D eigenvalue weighted by molar-refractivity contribution is -0.161. The number of ether oxygens (including phenoxy) is 1. The Bertz CT molecular complexity index is 820. The van der Waals surface area contributed by atoms with E-state index in [9.17, 15) is 19.2 Å². The Morgan fingerprint density at radius 1 is 1.14 bits per heavy atom. The van der Waals surface area contributed by atoms with Crippen LogP contribution in [0.5, 0.6) is 0 Å². The van der Waals surface area contributed by atoms with E-state index < -0.39 is 18.0 Å². The third-order valence-electron chi connectivity index (χ3n) is 6.06.